The minimum atomic E-state index is -3.76. The van der Waals surface area contributed by atoms with Crippen LogP contribution in [-0.4, -0.2) is 26.3 Å². The SMILES string of the molecule is Cc1ccc(NC(=O)C(C)NC(=O)c2cccs2)cc1NS(=O)(=O)c1ccccc1. The average Bonchev–Trinajstić information content (AvgIpc) is 3.26. The van der Waals surface area contributed by atoms with Crippen LogP contribution in [0.1, 0.15) is 22.2 Å². The smallest absolute Gasteiger partial charge is 0.261 e. The molecule has 1 atom stereocenters. The third-order valence-corrected chi connectivity index (χ3v) is 6.54. The third-order valence-electron chi connectivity index (χ3n) is 4.29. The molecule has 2 amide bonds. The second kappa shape index (κ2) is 9.10. The van der Waals surface area contributed by atoms with Gasteiger partial charge in [-0.3, -0.25) is 14.3 Å². The second-order valence-corrected chi connectivity index (χ2v) is 9.24. The summed E-state index contributed by atoms with van der Waals surface area (Å²) in [5.41, 5.74) is 1.46. The lowest BCUT2D eigenvalue weighted by molar-refractivity contribution is -0.117. The lowest BCUT2D eigenvalue weighted by Gasteiger charge is -2.16. The van der Waals surface area contributed by atoms with Crippen LogP contribution in [-0.2, 0) is 14.8 Å². The highest BCUT2D eigenvalue weighted by atomic mass is 32.2. The number of benzene rings is 2. The van der Waals surface area contributed by atoms with E-state index >= 15 is 0 Å². The van der Waals surface area contributed by atoms with Crippen LogP contribution < -0.4 is 15.4 Å². The molecule has 0 aliphatic rings. The van der Waals surface area contributed by atoms with Crippen molar-refractivity contribution < 1.29 is 18.0 Å². The molecular formula is C21H21N3O4S2. The first-order valence-electron chi connectivity index (χ1n) is 9.10. The van der Waals surface area contributed by atoms with E-state index in [0.29, 0.717) is 21.8 Å². The molecule has 0 saturated carbocycles. The first-order chi connectivity index (χ1) is 14.3. The predicted octanol–water partition coefficient (Wildman–Crippen LogP) is 3.61. The Kier molecular flexibility index (Phi) is 6.53. The first kappa shape index (κ1) is 21.5. The maximum absolute atomic E-state index is 12.6. The normalized spacial score (nSPS) is 12.1. The van der Waals surface area contributed by atoms with E-state index in [0.717, 1.165) is 0 Å². The van der Waals surface area contributed by atoms with Gasteiger partial charge >= 0.3 is 0 Å². The van der Waals surface area contributed by atoms with Gasteiger partial charge in [-0.15, -0.1) is 11.3 Å². The fraction of sp³-hybridized carbons (Fsp3) is 0.143. The predicted molar refractivity (Wildman–Crippen MR) is 118 cm³/mol. The monoisotopic (exact) mass is 443 g/mol. The van der Waals surface area contributed by atoms with Crippen LogP contribution in [0.25, 0.3) is 0 Å². The number of hydrogen-bond acceptors (Lipinski definition) is 5. The molecule has 1 heterocycles. The summed E-state index contributed by atoms with van der Waals surface area (Å²) in [6.07, 6.45) is 0. The highest BCUT2D eigenvalue weighted by Gasteiger charge is 2.19. The Balaban J connectivity index is 1.70. The highest BCUT2D eigenvalue weighted by molar-refractivity contribution is 7.92. The quantitative estimate of drug-likeness (QED) is 0.519. The molecule has 0 radical (unpaired) electrons. The first-order valence-corrected chi connectivity index (χ1v) is 11.5. The van der Waals surface area contributed by atoms with E-state index in [-0.39, 0.29) is 10.8 Å². The second-order valence-electron chi connectivity index (χ2n) is 6.61. The molecular weight excluding hydrogens is 422 g/mol. The van der Waals surface area contributed by atoms with E-state index in [1.165, 1.54) is 23.5 Å². The molecule has 1 aromatic heterocycles. The van der Waals surface area contributed by atoms with Crippen LogP contribution in [0.4, 0.5) is 11.4 Å². The number of rotatable bonds is 7. The van der Waals surface area contributed by atoms with Crippen molar-refractivity contribution in [3.63, 3.8) is 0 Å². The minimum absolute atomic E-state index is 0.142. The number of nitrogens with one attached hydrogen (secondary N) is 3. The maximum atomic E-state index is 12.6. The largest absolute Gasteiger partial charge is 0.340 e. The van der Waals surface area contributed by atoms with Crippen LogP contribution in [0.15, 0.2) is 70.9 Å². The summed E-state index contributed by atoms with van der Waals surface area (Å²) < 4.78 is 27.7. The van der Waals surface area contributed by atoms with Crippen LogP contribution in [0, 0.1) is 6.92 Å². The molecule has 0 bridgehead atoms. The van der Waals surface area contributed by atoms with Crippen molar-refractivity contribution in [3.05, 3.63) is 76.5 Å². The lowest BCUT2D eigenvalue weighted by Crippen LogP contribution is -2.41. The number of carbonyl (C=O) groups excluding carboxylic acids is 2. The number of carbonyl (C=O) groups is 2. The van der Waals surface area contributed by atoms with Gasteiger partial charge in [0.25, 0.3) is 15.9 Å². The number of sulfonamides is 1. The Morgan fingerprint density at radius 2 is 1.73 bits per heavy atom. The minimum Gasteiger partial charge on any atom is -0.340 e. The summed E-state index contributed by atoms with van der Waals surface area (Å²) in [7, 11) is -3.76. The maximum Gasteiger partial charge on any atom is 0.261 e. The average molecular weight is 444 g/mol. The summed E-state index contributed by atoms with van der Waals surface area (Å²) in [5.74, 6) is -0.742. The van der Waals surface area contributed by atoms with Gasteiger partial charge in [0, 0.05) is 5.69 Å². The van der Waals surface area contributed by atoms with Gasteiger partial charge in [0.1, 0.15) is 6.04 Å². The zero-order chi connectivity index (χ0) is 21.7. The summed E-state index contributed by atoms with van der Waals surface area (Å²) in [5, 5.41) is 7.12. The van der Waals surface area contributed by atoms with Crippen molar-refractivity contribution in [1.82, 2.24) is 5.32 Å². The van der Waals surface area contributed by atoms with Gasteiger partial charge in [0.15, 0.2) is 0 Å². The molecule has 9 heteroatoms. The van der Waals surface area contributed by atoms with E-state index in [4.69, 9.17) is 0 Å². The third kappa shape index (κ3) is 5.25. The van der Waals surface area contributed by atoms with Crippen molar-refractivity contribution in [2.75, 3.05) is 10.0 Å². The molecule has 0 saturated heterocycles. The van der Waals surface area contributed by atoms with Gasteiger partial charge in [-0.1, -0.05) is 30.3 Å². The molecule has 156 valence electrons. The zero-order valence-corrected chi connectivity index (χ0v) is 18.0. The van der Waals surface area contributed by atoms with Crippen LogP contribution in [0.5, 0.6) is 0 Å². The van der Waals surface area contributed by atoms with E-state index in [9.17, 15) is 18.0 Å². The molecule has 0 spiro atoms. The van der Waals surface area contributed by atoms with Gasteiger partial charge in [-0.2, -0.15) is 0 Å². The van der Waals surface area contributed by atoms with E-state index < -0.39 is 22.0 Å². The lowest BCUT2D eigenvalue weighted by atomic mass is 10.2. The fourth-order valence-electron chi connectivity index (χ4n) is 2.60. The Morgan fingerprint density at radius 3 is 2.40 bits per heavy atom. The van der Waals surface area contributed by atoms with Crippen molar-refractivity contribution in [2.45, 2.75) is 24.8 Å². The highest BCUT2D eigenvalue weighted by Crippen LogP contribution is 2.23. The molecule has 3 rings (SSSR count). The van der Waals surface area contributed by atoms with E-state index in [1.807, 2.05) is 0 Å². The standard InChI is InChI=1S/C21H21N3O4S2/c1-14-10-11-16(13-18(14)24-30(27,28)17-7-4-3-5-8-17)23-20(25)15(2)22-21(26)19-9-6-12-29-19/h3-13,15,24H,1-2H3,(H,22,26)(H,23,25). The number of anilines is 2. The molecule has 3 N–H and O–H groups in total. The number of amides is 2. The Hall–Kier alpha value is -3.17. The van der Waals surface area contributed by atoms with E-state index in [1.54, 1.807) is 67.8 Å². The topological polar surface area (TPSA) is 104 Å². The van der Waals surface area contributed by atoms with E-state index in [2.05, 4.69) is 15.4 Å². The molecule has 1 unspecified atom stereocenters. The Morgan fingerprint density at radius 1 is 1.00 bits per heavy atom. The summed E-state index contributed by atoms with van der Waals surface area (Å²) >= 11 is 1.29. The fourth-order valence-corrected chi connectivity index (χ4v) is 4.37. The van der Waals surface area contributed by atoms with Crippen molar-refractivity contribution >= 4 is 44.5 Å². The number of aryl methyl sites for hydroxylation is 1. The van der Waals surface area contributed by atoms with Crippen molar-refractivity contribution in [3.8, 4) is 0 Å². The molecule has 7 nitrogen and oxygen atoms in total. The van der Waals surface area contributed by atoms with Crippen LogP contribution in [0.2, 0.25) is 0 Å². The molecule has 0 fully saturated rings. The Labute approximate surface area is 179 Å². The summed E-state index contributed by atoms with van der Waals surface area (Å²) in [4.78, 5) is 25.2. The van der Waals surface area contributed by atoms with Gasteiger partial charge in [-0.05, 0) is 55.1 Å². The van der Waals surface area contributed by atoms with Crippen LogP contribution in [0.3, 0.4) is 0 Å². The van der Waals surface area contributed by atoms with Gasteiger partial charge in [-0.25, -0.2) is 8.42 Å². The number of hydrogen-bond donors (Lipinski definition) is 3. The molecule has 2 aromatic carbocycles. The molecule has 3 aromatic rings. The van der Waals surface area contributed by atoms with Gasteiger partial charge in [0.2, 0.25) is 5.91 Å². The van der Waals surface area contributed by atoms with Gasteiger partial charge in [0.05, 0.1) is 15.5 Å². The molecule has 0 aliphatic heterocycles. The van der Waals surface area contributed by atoms with Crippen LogP contribution >= 0.6 is 11.3 Å². The zero-order valence-electron chi connectivity index (χ0n) is 16.4. The summed E-state index contributed by atoms with van der Waals surface area (Å²) in [6.45, 7) is 3.34. The number of thiophene rings is 1. The van der Waals surface area contributed by atoms with Crippen molar-refractivity contribution in [1.29, 1.82) is 0 Å². The summed E-state index contributed by atoms with van der Waals surface area (Å²) in [6, 6.07) is 15.6. The van der Waals surface area contributed by atoms with Crippen molar-refractivity contribution in [2.24, 2.45) is 0 Å². The Bertz CT molecular complexity index is 1140. The molecule has 30 heavy (non-hydrogen) atoms. The molecule has 0 aliphatic carbocycles. The van der Waals surface area contributed by atoms with Gasteiger partial charge < -0.3 is 10.6 Å².